The highest BCUT2D eigenvalue weighted by Gasteiger charge is 2.39. The Bertz CT molecular complexity index is 2520. The average Bonchev–Trinajstić information content (AvgIpc) is 2.38. The highest BCUT2D eigenvalue weighted by molar-refractivity contribution is 7.80. The maximum absolute atomic E-state index is 14.7. The first-order chi connectivity index (χ1) is 43.2. The molecule has 2 rings (SSSR count). The maximum Gasteiger partial charge on any atom is 0.324 e. The van der Waals surface area contributed by atoms with Gasteiger partial charge in [-0.05, 0) is 115 Å². The quantitative estimate of drug-likeness (QED) is 0.0182. The number of esters is 1. The van der Waals surface area contributed by atoms with E-state index in [-0.39, 0.29) is 95.8 Å². The number of hydrogen-bond acceptors (Lipinski definition) is 21. The van der Waals surface area contributed by atoms with E-state index in [1.165, 1.54) is 13.8 Å². The molecule has 0 unspecified atom stereocenters. The number of rotatable bonds is 32. The third-order valence-corrected chi connectivity index (χ3v) is 15.4. The summed E-state index contributed by atoms with van der Waals surface area (Å²) in [6.07, 6.45) is -1.41. The number of nitrogens with two attached hydrogens (primary N) is 6. The van der Waals surface area contributed by atoms with Crippen LogP contribution >= 0.6 is 12.6 Å². The van der Waals surface area contributed by atoms with Crippen molar-refractivity contribution in [3.05, 3.63) is 35.9 Å². The molecule has 91 heavy (non-hydrogen) atoms. The number of amides is 11. The van der Waals surface area contributed by atoms with Crippen LogP contribution in [0.15, 0.2) is 30.3 Å². The number of aliphatic hydroxyl groups excluding tert-OH is 1. The number of benzene rings is 1. The fraction of sp³-hybridized carbons (Fsp3) is 0.695. The van der Waals surface area contributed by atoms with Gasteiger partial charge in [-0.15, -0.1) is 0 Å². The summed E-state index contributed by atoms with van der Waals surface area (Å²) >= 11 is 4.05. The van der Waals surface area contributed by atoms with E-state index in [2.05, 4.69) is 85.0 Å². The van der Waals surface area contributed by atoms with Gasteiger partial charge < -0.3 is 103 Å². The first-order valence-corrected chi connectivity index (χ1v) is 31.9. The van der Waals surface area contributed by atoms with Crippen molar-refractivity contribution in [1.82, 2.24) is 58.5 Å². The Morgan fingerprint density at radius 3 is 1.64 bits per heavy atom. The Kier molecular flexibility index (Phi) is 37.7. The molecule has 24 N–H and O–H groups in total. The molecule has 32 heteroatoms. The minimum Gasteiger partial charge on any atom is -0.459 e. The van der Waals surface area contributed by atoms with Crippen LogP contribution in [0.3, 0.4) is 0 Å². The van der Waals surface area contributed by atoms with Crippen LogP contribution < -0.4 is 92.9 Å². The van der Waals surface area contributed by atoms with E-state index in [0.29, 0.717) is 17.9 Å². The van der Waals surface area contributed by atoms with Gasteiger partial charge in [0.05, 0.1) is 6.10 Å². The normalized spacial score (nSPS) is 22.5. The average molecular weight is 1310 g/mol. The summed E-state index contributed by atoms with van der Waals surface area (Å²) in [7, 11) is 0. The molecule has 0 radical (unpaired) electrons. The fourth-order valence-corrected chi connectivity index (χ4v) is 9.67. The number of carbonyl (C=O) groups is 12. The summed E-state index contributed by atoms with van der Waals surface area (Å²) in [6, 6.07) is -7.97. The molecule has 1 saturated heterocycles. The largest absolute Gasteiger partial charge is 0.459 e. The summed E-state index contributed by atoms with van der Waals surface area (Å²) in [5.41, 5.74) is 36.0. The molecule has 1 aliphatic heterocycles. The maximum atomic E-state index is 14.7. The van der Waals surface area contributed by atoms with Crippen LogP contribution in [0.1, 0.15) is 124 Å². The number of thiol groups is 1. The second-order valence-corrected chi connectivity index (χ2v) is 23.6. The molecule has 0 bridgehead atoms. The smallest absolute Gasteiger partial charge is 0.324 e. The number of carbonyl (C=O) groups excluding carboxylic acids is 12. The van der Waals surface area contributed by atoms with E-state index in [1.807, 2.05) is 0 Å². The molecular formula is C59H103N17O14S. The van der Waals surface area contributed by atoms with Crippen molar-refractivity contribution in [1.29, 1.82) is 0 Å². The van der Waals surface area contributed by atoms with Gasteiger partial charge in [-0.1, -0.05) is 77.3 Å². The van der Waals surface area contributed by atoms with Gasteiger partial charge in [0.1, 0.15) is 72.6 Å². The van der Waals surface area contributed by atoms with Crippen molar-refractivity contribution in [2.75, 3.05) is 45.0 Å². The van der Waals surface area contributed by atoms with Crippen molar-refractivity contribution in [2.45, 2.75) is 204 Å². The molecule has 0 saturated carbocycles. The summed E-state index contributed by atoms with van der Waals surface area (Å²) < 4.78 is 5.49. The Balaban J connectivity index is 2.77. The van der Waals surface area contributed by atoms with Gasteiger partial charge in [-0.25, -0.2) is 0 Å². The third kappa shape index (κ3) is 29.0. The van der Waals surface area contributed by atoms with E-state index in [0.717, 1.165) is 19.3 Å². The zero-order chi connectivity index (χ0) is 68.3. The van der Waals surface area contributed by atoms with Crippen LogP contribution in [-0.4, -0.2) is 200 Å². The number of unbranched alkanes of at least 4 members (excludes halogenated alkanes) is 1. The highest BCUT2D eigenvalue weighted by Crippen LogP contribution is 2.14. The van der Waals surface area contributed by atoms with Crippen molar-refractivity contribution in [3.63, 3.8) is 0 Å². The third-order valence-electron chi connectivity index (χ3n) is 15.0. The van der Waals surface area contributed by atoms with Gasteiger partial charge in [-0.2, -0.15) is 12.6 Å². The topological polar surface area (TPSA) is 523 Å². The molecule has 31 nitrogen and oxygen atoms in total. The predicted octanol–water partition coefficient (Wildman–Crippen LogP) is -5.44. The molecule has 1 aliphatic rings. The van der Waals surface area contributed by atoms with Gasteiger partial charge in [0, 0.05) is 25.1 Å². The standard InChI is InChI=1S/C59H103N17O14S/c1-7-33(4)13-11-12-16-46(78)67-38(17-23-60)53(83)76-48(35(6)90-59(89)37(65)31-91)58(88)72-41(20-26-63)50(80)71-43-22-28-66-57(87)47(34(5)77)75-54(84)42(21-27-64)69-49(79)39(18-24-61)70-55(85)44(29-32(2)3)73-56(86)45(30-36-14-9-8-10-15-36)74-51(81)40(19-25-62)68-52(43)82/h8-10,14-15,32-35,37-45,47-48,77,91H,7,11-13,16-31,60-65H2,1-6H3,(H,66,87)(H,67,78)(H,68,82)(H,69,79)(H,70,85)(H,71,80)(H,72,88)(H,73,86)(H,74,81)(H,75,84)(H,76,83)/t33-,34+,35+,37-,38-,39-,40-,41-,42-,43-,44-,45+,47-,48-/m0/s1. The van der Waals surface area contributed by atoms with Crippen molar-refractivity contribution in [3.8, 4) is 0 Å². The molecule has 1 aromatic carbocycles. The predicted molar refractivity (Wildman–Crippen MR) is 342 cm³/mol. The zero-order valence-corrected chi connectivity index (χ0v) is 54.2. The van der Waals surface area contributed by atoms with Crippen LogP contribution in [0, 0.1) is 11.8 Å². The summed E-state index contributed by atoms with van der Waals surface area (Å²) in [4.78, 5) is 169. The molecule has 14 atom stereocenters. The van der Waals surface area contributed by atoms with Gasteiger partial charge in [0.25, 0.3) is 0 Å². The Labute approximate surface area is 538 Å². The van der Waals surface area contributed by atoms with Crippen molar-refractivity contribution in [2.24, 2.45) is 46.2 Å². The zero-order valence-electron chi connectivity index (χ0n) is 53.4. The summed E-state index contributed by atoms with van der Waals surface area (Å²) in [5, 5.41) is 39.1. The van der Waals surface area contributed by atoms with E-state index in [1.54, 1.807) is 44.2 Å². The van der Waals surface area contributed by atoms with Gasteiger partial charge in [0.15, 0.2) is 0 Å². The number of ether oxygens (including phenoxy) is 1. The molecule has 1 heterocycles. The van der Waals surface area contributed by atoms with Crippen molar-refractivity contribution >= 4 is 83.6 Å². The monoisotopic (exact) mass is 1310 g/mol. The van der Waals surface area contributed by atoms with Gasteiger partial charge in [0.2, 0.25) is 65.0 Å². The molecule has 514 valence electrons. The molecule has 0 aromatic heterocycles. The Hall–Kier alpha value is -7.07. The number of aliphatic hydroxyl groups is 1. The molecule has 0 spiro atoms. The van der Waals surface area contributed by atoms with E-state index in [9.17, 15) is 62.6 Å². The Morgan fingerprint density at radius 2 is 1.12 bits per heavy atom. The second kappa shape index (κ2) is 42.9. The van der Waals surface area contributed by atoms with Gasteiger partial charge >= 0.3 is 5.97 Å². The van der Waals surface area contributed by atoms with E-state index in [4.69, 9.17) is 39.1 Å². The molecule has 11 amide bonds. The highest BCUT2D eigenvalue weighted by atomic mass is 32.1. The summed E-state index contributed by atoms with van der Waals surface area (Å²) in [5.74, 6) is -11.0. The lowest BCUT2D eigenvalue weighted by Crippen LogP contribution is -2.62. The molecule has 0 aliphatic carbocycles. The van der Waals surface area contributed by atoms with Crippen LogP contribution in [-0.2, 0) is 68.7 Å². The lowest BCUT2D eigenvalue weighted by Gasteiger charge is -2.30. The van der Waals surface area contributed by atoms with Crippen LogP contribution in [0.4, 0.5) is 0 Å². The van der Waals surface area contributed by atoms with Crippen LogP contribution in [0.2, 0.25) is 0 Å². The van der Waals surface area contributed by atoms with Crippen LogP contribution in [0.5, 0.6) is 0 Å². The minimum absolute atomic E-state index is 0.0312. The lowest BCUT2D eigenvalue weighted by atomic mass is 10.00. The number of hydrogen-bond donors (Lipinski definition) is 19. The van der Waals surface area contributed by atoms with E-state index < -0.39 is 163 Å². The molecule has 1 fully saturated rings. The fourth-order valence-electron chi connectivity index (χ4n) is 9.52. The molecular weight excluding hydrogens is 1200 g/mol. The second-order valence-electron chi connectivity index (χ2n) is 23.2. The summed E-state index contributed by atoms with van der Waals surface area (Å²) in [6.45, 7) is 8.84. The number of nitrogens with one attached hydrogen (secondary N) is 11. The van der Waals surface area contributed by atoms with E-state index >= 15 is 0 Å². The van der Waals surface area contributed by atoms with Crippen LogP contribution in [0.25, 0.3) is 0 Å². The molecule has 1 aromatic rings. The first-order valence-electron chi connectivity index (χ1n) is 31.3. The Morgan fingerprint density at radius 1 is 0.615 bits per heavy atom. The lowest BCUT2D eigenvalue weighted by molar-refractivity contribution is -0.153. The first kappa shape index (κ1) is 80.0. The van der Waals surface area contributed by atoms with Crippen molar-refractivity contribution < 1.29 is 67.4 Å². The van der Waals surface area contributed by atoms with Gasteiger partial charge in [-0.3, -0.25) is 57.5 Å². The SMILES string of the molecule is CC[C@H](C)CCCCC(=O)N[C@@H](CCN)C(=O)N[C@H](C(=O)N[C@@H](CCN)C(=O)N[C@H]1CCNC(=O)[C@H]([C@@H](C)O)NC(=O)[C@H](CCN)NC(=O)[C@H](CCN)NC(=O)[C@H](CC(C)C)NC(=O)[C@@H](Cc2ccccc2)NC(=O)[C@H](CCN)NC1=O)[C@@H](C)OC(=O)[C@@H](N)CS. The minimum atomic E-state index is -1.79.